The number of rotatable bonds is 6. The van der Waals surface area contributed by atoms with E-state index >= 15 is 0 Å². The van der Waals surface area contributed by atoms with Crippen molar-refractivity contribution in [3.8, 4) is 0 Å². The summed E-state index contributed by atoms with van der Waals surface area (Å²) in [5.41, 5.74) is 4.24. The van der Waals surface area contributed by atoms with E-state index in [1.54, 1.807) is 0 Å². The molecule has 0 saturated heterocycles. The van der Waals surface area contributed by atoms with Crippen molar-refractivity contribution in [2.75, 3.05) is 13.2 Å². The first-order valence-corrected chi connectivity index (χ1v) is 14.0. The first-order chi connectivity index (χ1) is 15.8. The maximum absolute atomic E-state index is 5.88. The third kappa shape index (κ3) is 5.95. The van der Waals surface area contributed by atoms with Crippen LogP contribution in [-0.4, -0.2) is 37.1 Å². The minimum atomic E-state index is 0.134. The van der Waals surface area contributed by atoms with Gasteiger partial charge in [0.2, 0.25) is 0 Å². The normalized spacial score (nSPS) is 19.2. The molecule has 0 bridgehead atoms. The predicted molar refractivity (Wildman–Crippen MR) is 127 cm³/mol. The fraction of sp³-hybridized carbons (Fsp3) is 0.231. The molecule has 0 unspecified atom stereocenters. The molecule has 166 valence electrons. The Bertz CT molecular complexity index is 991. The third-order valence-corrected chi connectivity index (χ3v) is 5.31. The van der Waals surface area contributed by atoms with Crippen LogP contribution < -0.4 is 0 Å². The van der Waals surface area contributed by atoms with Crippen LogP contribution in [0.4, 0.5) is 0 Å². The summed E-state index contributed by atoms with van der Waals surface area (Å²) in [7, 11) is 0. The fourth-order valence-corrected chi connectivity index (χ4v) is 3.83. The third-order valence-electron chi connectivity index (χ3n) is 5.31. The minimum absolute atomic E-state index is 0.134. The molecule has 0 aromatic heterocycles. The van der Waals surface area contributed by atoms with E-state index in [0.29, 0.717) is 25.0 Å². The second kappa shape index (κ2) is 11.6. The van der Waals surface area contributed by atoms with Crippen molar-refractivity contribution in [1.82, 2.24) is 0 Å². The first-order valence-electron chi connectivity index (χ1n) is 10.5. The predicted octanol–water partition coefficient (Wildman–Crippen LogP) is 5.11. The molecule has 0 amide bonds. The van der Waals surface area contributed by atoms with E-state index in [1.165, 1.54) is 11.1 Å². The molecule has 32 heavy (non-hydrogen) atoms. The number of aliphatic imine (C=N–C) groups is 2. The van der Waals surface area contributed by atoms with E-state index in [-0.39, 0.29) is 12.1 Å². The van der Waals surface area contributed by atoms with Crippen molar-refractivity contribution in [2.24, 2.45) is 9.98 Å². The summed E-state index contributed by atoms with van der Waals surface area (Å²) < 4.78 is 11.8. The second-order valence-corrected chi connectivity index (χ2v) is 7.66. The zero-order valence-electron chi connectivity index (χ0n) is 17.4. The molecular weight excluding hydrogens is 559 g/mol. The van der Waals surface area contributed by atoms with Gasteiger partial charge in [0.25, 0.3) is 0 Å². The molecule has 0 aliphatic carbocycles. The molecule has 3 aromatic rings. The first kappa shape index (κ1) is 22.9. The van der Waals surface area contributed by atoms with E-state index in [4.69, 9.17) is 19.5 Å². The van der Waals surface area contributed by atoms with Crippen molar-refractivity contribution in [3.63, 3.8) is 0 Å². The van der Waals surface area contributed by atoms with E-state index in [2.05, 4.69) is 85.2 Å². The van der Waals surface area contributed by atoms with Crippen molar-refractivity contribution < 1.29 is 26.7 Å². The molecule has 2 atom stereocenters. The molecule has 3 aromatic carbocycles. The molecule has 0 radical (unpaired) electrons. The number of halogens is 1. The molecule has 0 spiro atoms. The second-order valence-electron chi connectivity index (χ2n) is 7.66. The average Bonchev–Trinajstić information content (AvgIpc) is 3.52. The Morgan fingerprint density at radius 2 is 1.12 bits per heavy atom. The Morgan fingerprint density at radius 1 is 0.688 bits per heavy atom. The van der Waals surface area contributed by atoms with E-state index in [1.807, 2.05) is 30.3 Å². The number of hydrogen-bond donors (Lipinski definition) is 0. The van der Waals surface area contributed by atoms with Gasteiger partial charge in [-0.25, -0.2) is 0 Å². The number of hydrogen-bond acceptors (Lipinski definition) is 4. The summed E-state index contributed by atoms with van der Waals surface area (Å²) in [6, 6.07) is 30.4. The molecule has 5 rings (SSSR count). The maximum Gasteiger partial charge on any atom is 0.148 e. The topological polar surface area (TPSA) is 43.2 Å². The van der Waals surface area contributed by atoms with Gasteiger partial charge in [-0.3, -0.25) is 9.98 Å². The van der Waals surface area contributed by atoms with Gasteiger partial charge in [0, 0.05) is 0 Å². The summed E-state index contributed by atoms with van der Waals surface area (Å²) in [5, 5.41) is 0. The van der Waals surface area contributed by atoms with Gasteiger partial charge < -0.3 is 9.47 Å². The molecule has 2 aliphatic heterocycles. The van der Waals surface area contributed by atoms with Crippen LogP contribution in [0.25, 0.3) is 0 Å². The summed E-state index contributed by atoms with van der Waals surface area (Å²) in [6.07, 6.45) is 1.75. The van der Waals surface area contributed by atoms with Gasteiger partial charge in [-0.05, 0) is 24.0 Å². The van der Waals surface area contributed by atoms with Crippen LogP contribution in [0.15, 0.2) is 88.8 Å². The van der Waals surface area contributed by atoms with Crippen LogP contribution in [0.5, 0.6) is 0 Å². The van der Waals surface area contributed by atoms with Crippen molar-refractivity contribution in [3.05, 3.63) is 107 Å². The van der Waals surface area contributed by atoms with E-state index in [0.717, 1.165) is 24.0 Å². The molecule has 0 saturated carbocycles. The van der Waals surface area contributed by atoms with Crippen molar-refractivity contribution >= 4 is 25.2 Å². The van der Waals surface area contributed by atoms with Crippen molar-refractivity contribution in [2.45, 2.75) is 24.9 Å². The average molecular weight is 582 g/mol. The number of benzene rings is 3. The zero-order valence-corrected chi connectivity index (χ0v) is 20.5. The largest absolute Gasteiger partial charge is 0.510 e. The SMILES string of the molecule is [Br][Pd+].[c-]1c(C2=N[C@@H](Cc3ccccc3)CO2)cccc1C1=N[C@@H](Cc2ccccc2)CO1. The summed E-state index contributed by atoms with van der Waals surface area (Å²) in [4.78, 5) is 9.55. The van der Waals surface area contributed by atoms with Crippen LogP contribution in [0, 0.1) is 6.07 Å². The van der Waals surface area contributed by atoms with Gasteiger partial charge in [-0.1, -0.05) is 71.8 Å². The monoisotopic (exact) mass is 580 g/mol. The Balaban J connectivity index is 0.00000119. The number of nitrogens with zero attached hydrogens (tertiary/aromatic N) is 2. The number of ether oxygens (including phenoxy) is 2. The van der Waals surface area contributed by atoms with Crippen molar-refractivity contribution in [1.29, 1.82) is 0 Å². The molecule has 2 aliphatic rings. The Kier molecular flexibility index (Phi) is 8.28. The van der Waals surface area contributed by atoms with Crippen LogP contribution in [-0.2, 0) is 39.5 Å². The molecule has 0 N–H and O–H groups in total. The molecule has 4 nitrogen and oxygen atoms in total. The minimum Gasteiger partial charge on any atom is -0.510 e. The summed E-state index contributed by atoms with van der Waals surface area (Å²) in [5.74, 6) is 1.30. The van der Waals surface area contributed by atoms with Gasteiger partial charge in [-0.2, -0.15) is 0 Å². The van der Waals surface area contributed by atoms with Gasteiger partial charge in [-0.15, -0.1) is 24.3 Å². The maximum atomic E-state index is 5.88. The summed E-state index contributed by atoms with van der Waals surface area (Å²) >= 11 is 5.35. The zero-order chi connectivity index (χ0) is 22.2. The van der Waals surface area contributed by atoms with Crippen LogP contribution in [0.3, 0.4) is 0 Å². The quantitative estimate of drug-likeness (QED) is 0.300. The fourth-order valence-electron chi connectivity index (χ4n) is 3.83. The standard InChI is InChI=1S/C26H23N2O2.BrH.Pd/c1-3-8-19(9-4-1)14-23-17-29-25(27-23)21-12-7-13-22(16-21)26-28-24(18-30-26)15-20-10-5-2-6-11-20;;/h1-13,23-24H,14-15,17-18H2;1H;/q-1;;+2/p-1/t23-,24-;;/m0../s1. The van der Waals surface area contributed by atoms with E-state index < -0.39 is 0 Å². The van der Waals surface area contributed by atoms with Crippen LogP contribution >= 0.6 is 13.4 Å². The molecule has 6 heteroatoms. The smallest absolute Gasteiger partial charge is 0.148 e. The van der Waals surface area contributed by atoms with Crippen LogP contribution in [0.2, 0.25) is 0 Å². The Hall–Kier alpha value is -2.26. The van der Waals surface area contributed by atoms with Gasteiger partial charge >= 0.3 is 30.6 Å². The van der Waals surface area contributed by atoms with Gasteiger partial charge in [0.15, 0.2) is 0 Å². The molecule has 0 fully saturated rings. The molecular formula is C26H23BrN2O2Pd. The van der Waals surface area contributed by atoms with Gasteiger partial charge in [0.05, 0.1) is 12.1 Å². The van der Waals surface area contributed by atoms with E-state index in [9.17, 15) is 0 Å². The van der Waals surface area contributed by atoms with Gasteiger partial charge in [0.1, 0.15) is 25.0 Å². The summed E-state index contributed by atoms with van der Waals surface area (Å²) in [6.45, 7) is 1.19. The molecule has 2 heterocycles. The van der Waals surface area contributed by atoms with Crippen LogP contribution in [0.1, 0.15) is 22.3 Å². The Labute approximate surface area is 206 Å². The Morgan fingerprint density at radius 3 is 1.56 bits per heavy atom.